The quantitative estimate of drug-likeness (QED) is 0.450. The van der Waals surface area contributed by atoms with Gasteiger partial charge in [0, 0.05) is 26.2 Å². The highest BCUT2D eigenvalue weighted by atomic mass is 32.1. The SMILES string of the molecule is CCC[C@@H](c1nnnn1Cc1ccco1)N1CCN(c2nc3ccccc3s2)CC1. The predicted molar refractivity (Wildman–Crippen MR) is 117 cm³/mol. The summed E-state index contributed by atoms with van der Waals surface area (Å²) in [5, 5.41) is 13.7. The Hall–Kier alpha value is -2.78. The van der Waals surface area contributed by atoms with E-state index in [4.69, 9.17) is 9.40 Å². The van der Waals surface area contributed by atoms with Gasteiger partial charge in [0.05, 0.1) is 22.5 Å². The third-order valence-corrected chi connectivity index (χ3v) is 6.71. The van der Waals surface area contributed by atoms with Crippen LogP contribution in [0.4, 0.5) is 5.13 Å². The molecule has 4 heterocycles. The molecule has 0 bridgehead atoms. The van der Waals surface area contributed by atoms with Crippen LogP contribution in [-0.4, -0.2) is 56.3 Å². The van der Waals surface area contributed by atoms with Crippen LogP contribution in [0.15, 0.2) is 47.1 Å². The highest BCUT2D eigenvalue weighted by Crippen LogP contribution is 2.31. The van der Waals surface area contributed by atoms with E-state index in [0.717, 1.165) is 61.3 Å². The first-order valence-corrected chi connectivity index (χ1v) is 11.3. The third-order valence-electron chi connectivity index (χ3n) is 5.61. The van der Waals surface area contributed by atoms with Crippen molar-refractivity contribution in [3.05, 3.63) is 54.2 Å². The lowest BCUT2D eigenvalue weighted by Crippen LogP contribution is -2.48. The number of anilines is 1. The first kappa shape index (κ1) is 19.2. The van der Waals surface area contributed by atoms with Gasteiger partial charge in [-0.1, -0.05) is 36.8 Å². The van der Waals surface area contributed by atoms with Gasteiger partial charge in [-0.2, -0.15) is 0 Å². The molecule has 156 valence electrons. The first-order chi connectivity index (χ1) is 14.8. The Morgan fingerprint density at radius 2 is 1.97 bits per heavy atom. The number of fused-ring (bicyclic) bond motifs is 1. The molecular formula is C21H25N7OS. The predicted octanol–water partition coefficient (Wildman–Crippen LogP) is 3.59. The number of benzene rings is 1. The largest absolute Gasteiger partial charge is 0.467 e. The molecule has 1 aliphatic rings. The second-order valence-corrected chi connectivity index (χ2v) is 8.57. The second kappa shape index (κ2) is 8.53. The molecule has 1 atom stereocenters. The highest BCUT2D eigenvalue weighted by molar-refractivity contribution is 7.22. The average Bonchev–Trinajstić information content (AvgIpc) is 3.53. The van der Waals surface area contributed by atoms with Gasteiger partial charge < -0.3 is 9.32 Å². The molecular weight excluding hydrogens is 398 g/mol. The minimum atomic E-state index is 0.206. The van der Waals surface area contributed by atoms with Crippen molar-refractivity contribution < 1.29 is 4.42 Å². The van der Waals surface area contributed by atoms with E-state index in [-0.39, 0.29) is 6.04 Å². The van der Waals surface area contributed by atoms with Crippen molar-refractivity contribution in [1.82, 2.24) is 30.1 Å². The fraction of sp³-hybridized carbons (Fsp3) is 0.429. The van der Waals surface area contributed by atoms with Crippen LogP contribution < -0.4 is 4.90 Å². The van der Waals surface area contributed by atoms with Crippen molar-refractivity contribution in [2.24, 2.45) is 0 Å². The van der Waals surface area contributed by atoms with Gasteiger partial charge in [0.1, 0.15) is 12.3 Å². The van der Waals surface area contributed by atoms with E-state index in [1.165, 1.54) is 4.70 Å². The van der Waals surface area contributed by atoms with Crippen LogP contribution in [0.2, 0.25) is 0 Å². The Kier molecular flexibility index (Phi) is 5.46. The van der Waals surface area contributed by atoms with E-state index in [0.29, 0.717) is 6.54 Å². The Morgan fingerprint density at radius 3 is 2.73 bits per heavy atom. The van der Waals surface area contributed by atoms with Gasteiger partial charge in [0.25, 0.3) is 0 Å². The molecule has 0 saturated carbocycles. The molecule has 1 saturated heterocycles. The van der Waals surface area contributed by atoms with Gasteiger partial charge in [-0.15, -0.1) is 5.10 Å². The number of para-hydroxylation sites is 1. The number of rotatable bonds is 7. The maximum Gasteiger partial charge on any atom is 0.186 e. The molecule has 0 radical (unpaired) electrons. The lowest BCUT2D eigenvalue weighted by molar-refractivity contribution is 0.164. The normalized spacial score (nSPS) is 16.4. The number of nitrogens with zero attached hydrogens (tertiary/aromatic N) is 7. The molecule has 0 N–H and O–H groups in total. The molecule has 9 heteroatoms. The van der Waals surface area contributed by atoms with Gasteiger partial charge >= 0.3 is 0 Å². The first-order valence-electron chi connectivity index (χ1n) is 10.4. The van der Waals surface area contributed by atoms with E-state index >= 15 is 0 Å². The van der Waals surface area contributed by atoms with E-state index in [9.17, 15) is 0 Å². The summed E-state index contributed by atoms with van der Waals surface area (Å²) in [5.74, 6) is 1.78. The zero-order valence-corrected chi connectivity index (χ0v) is 17.8. The Labute approximate surface area is 179 Å². The number of furan rings is 1. The summed E-state index contributed by atoms with van der Waals surface area (Å²) in [4.78, 5) is 9.74. The molecule has 5 rings (SSSR count). The molecule has 1 aliphatic heterocycles. The monoisotopic (exact) mass is 423 g/mol. The summed E-state index contributed by atoms with van der Waals surface area (Å²) in [5.41, 5.74) is 1.08. The standard InChI is InChI=1S/C21H25N7OS/c1-2-6-18(20-23-24-25-28(20)15-16-7-5-14-29-16)26-10-12-27(13-11-26)21-22-17-8-3-4-9-19(17)30-21/h3-5,7-9,14,18H,2,6,10-13,15H2,1H3/t18-/m0/s1. The minimum Gasteiger partial charge on any atom is -0.467 e. The van der Waals surface area contributed by atoms with E-state index in [1.807, 2.05) is 22.9 Å². The van der Waals surface area contributed by atoms with Gasteiger partial charge in [-0.05, 0) is 41.1 Å². The molecule has 0 spiro atoms. The molecule has 4 aromatic rings. The second-order valence-electron chi connectivity index (χ2n) is 7.57. The Bertz CT molecular complexity index is 1050. The van der Waals surface area contributed by atoms with Crippen LogP contribution in [0.3, 0.4) is 0 Å². The molecule has 0 aliphatic carbocycles. The number of aromatic nitrogens is 5. The molecule has 0 amide bonds. The molecule has 30 heavy (non-hydrogen) atoms. The highest BCUT2D eigenvalue weighted by Gasteiger charge is 2.29. The van der Waals surface area contributed by atoms with Crippen LogP contribution in [0, 0.1) is 0 Å². The van der Waals surface area contributed by atoms with Gasteiger partial charge in [-0.3, -0.25) is 4.90 Å². The zero-order valence-electron chi connectivity index (χ0n) is 17.0. The summed E-state index contributed by atoms with van der Waals surface area (Å²) in [6.45, 7) is 6.62. The lowest BCUT2D eigenvalue weighted by Gasteiger charge is -2.38. The van der Waals surface area contributed by atoms with E-state index in [2.05, 4.69) is 50.4 Å². The van der Waals surface area contributed by atoms with Crippen LogP contribution >= 0.6 is 11.3 Å². The topological polar surface area (TPSA) is 76.1 Å². The Morgan fingerprint density at radius 1 is 1.10 bits per heavy atom. The van der Waals surface area contributed by atoms with E-state index < -0.39 is 0 Å². The molecule has 1 aromatic carbocycles. The number of hydrogen-bond acceptors (Lipinski definition) is 8. The number of tetrazole rings is 1. The van der Waals surface area contributed by atoms with Gasteiger partial charge in [-0.25, -0.2) is 9.67 Å². The molecule has 1 fully saturated rings. The Balaban J connectivity index is 1.30. The smallest absolute Gasteiger partial charge is 0.186 e. The maximum atomic E-state index is 5.49. The van der Waals surface area contributed by atoms with Gasteiger partial charge in [0.15, 0.2) is 11.0 Å². The van der Waals surface area contributed by atoms with E-state index in [1.54, 1.807) is 17.6 Å². The molecule has 8 nitrogen and oxygen atoms in total. The summed E-state index contributed by atoms with van der Waals surface area (Å²) in [6, 6.07) is 12.4. The van der Waals surface area contributed by atoms with Crippen molar-refractivity contribution in [2.45, 2.75) is 32.4 Å². The molecule has 0 unspecified atom stereocenters. The van der Waals surface area contributed by atoms with Crippen LogP contribution in [0.25, 0.3) is 10.2 Å². The number of hydrogen-bond donors (Lipinski definition) is 0. The number of piperazine rings is 1. The fourth-order valence-corrected chi connectivity index (χ4v) is 5.10. The van der Waals surface area contributed by atoms with Crippen LogP contribution in [0.1, 0.15) is 37.4 Å². The minimum absolute atomic E-state index is 0.206. The molecule has 3 aromatic heterocycles. The summed E-state index contributed by atoms with van der Waals surface area (Å²) >= 11 is 1.78. The summed E-state index contributed by atoms with van der Waals surface area (Å²) in [6.07, 6.45) is 3.79. The lowest BCUT2D eigenvalue weighted by atomic mass is 10.1. The number of thiazole rings is 1. The average molecular weight is 424 g/mol. The van der Waals surface area contributed by atoms with Crippen LogP contribution in [0.5, 0.6) is 0 Å². The van der Waals surface area contributed by atoms with Crippen molar-refractivity contribution in [3.8, 4) is 0 Å². The van der Waals surface area contributed by atoms with Gasteiger partial charge in [0.2, 0.25) is 0 Å². The fourth-order valence-electron chi connectivity index (χ4n) is 4.08. The van der Waals surface area contributed by atoms with Crippen molar-refractivity contribution in [2.75, 3.05) is 31.1 Å². The third kappa shape index (κ3) is 3.82. The maximum absolute atomic E-state index is 5.49. The summed E-state index contributed by atoms with van der Waals surface area (Å²) in [7, 11) is 0. The van der Waals surface area contributed by atoms with Crippen molar-refractivity contribution in [3.63, 3.8) is 0 Å². The van der Waals surface area contributed by atoms with Crippen LogP contribution in [-0.2, 0) is 6.54 Å². The summed E-state index contributed by atoms with van der Waals surface area (Å²) < 4.78 is 8.61. The van der Waals surface area contributed by atoms with Crippen molar-refractivity contribution in [1.29, 1.82) is 0 Å². The zero-order chi connectivity index (χ0) is 20.3. The van der Waals surface area contributed by atoms with Crippen molar-refractivity contribution >= 4 is 26.7 Å².